The summed E-state index contributed by atoms with van der Waals surface area (Å²) in [5.74, 6) is -2.28. The van der Waals surface area contributed by atoms with Gasteiger partial charge in [0.15, 0.2) is 5.82 Å². The minimum atomic E-state index is -4.66. The molecule has 180 valence electrons. The fraction of sp³-hybridized carbons (Fsp3) is 0.143. The Morgan fingerprint density at radius 1 is 1.03 bits per heavy atom. The first kappa shape index (κ1) is 24.9. The Balaban J connectivity index is 1.77. The van der Waals surface area contributed by atoms with Crippen LogP contribution in [0.4, 0.5) is 33.5 Å². The van der Waals surface area contributed by atoms with Crippen molar-refractivity contribution in [3.8, 4) is 5.75 Å². The van der Waals surface area contributed by atoms with E-state index in [2.05, 4.69) is 10.3 Å². The zero-order chi connectivity index (χ0) is 25.1. The molecule has 0 saturated carbocycles. The highest BCUT2D eigenvalue weighted by Crippen LogP contribution is 2.30. The van der Waals surface area contributed by atoms with Gasteiger partial charge in [-0.1, -0.05) is 0 Å². The number of aromatic nitrogens is 1. The number of carbonyl (C=O) groups is 1. The second-order valence-electron chi connectivity index (χ2n) is 6.86. The minimum Gasteiger partial charge on any atom is -0.487 e. The predicted octanol–water partition coefficient (Wildman–Crippen LogP) is 4.72. The predicted molar refractivity (Wildman–Crippen MR) is 111 cm³/mol. The third kappa shape index (κ3) is 5.98. The quantitative estimate of drug-likeness (QED) is 0.457. The third-order valence-corrected chi connectivity index (χ3v) is 5.73. The average Bonchev–Trinajstić information content (AvgIpc) is 2.76. The lowest BCUT2D eigenvalue weighted by molar-refractivity contribution is -0.137. The second-order valence-corrected chi connectivity index (χ2v) is 8.55. The van der Waals surface area contributed by atoms with Crippen molar-refractivity contribution < 1.29 is 39.9 Å². The summed E-state index contributed by atoms with van der Waals surface area (Å²) in [4.78, 5) is 14.3. The van der Waals surface area contributed by atoms with Crippen LogP contribution in [0.5, 0.6) is 5.75 Å². The number of nitrogens with zero attached hydrogens (tertiary/aromatic N) is 1. The summed E-state index contributed by atoms with van der Waals surface area (Å²) < 4.78 is 99.2. The van der Waals surface area contributed by atoms with Gasteiger partial charge in [-0.25, -0.2) is 22.2 Å². The van der Waals surface area contributed by atoms with Crippen LogP contribution in [0.2, 0.25) is 0 Å². The zero-order valence-electron chi connectivity index (χ0n) is 17.3. The van der Waals surface area contributed by atoms with Gasteiger partial charge >= 0.3 is 6.18 Å². The number of ether oxygens (including phenoxy) is 1. The van der Waals surface area contributed by atoms with E-state index in [4.69, 9.17) is 4.74 Å². The Morgan fingerprint density at radius 3 is 2.26 bits per heavy atom. The number of amides is 1. The smallest absolute Gasteiger partial charge is 0.416 e. The zero-order valence-corrected chi connectivity index (χ0v) is 18.1. The summed E-state index contributed by atoms with van der Waals surface area (Å²) in [6, 6.07) is 7.01. The maximum atomic E-state index is 14.9. The van der Waals surface area contributed by atoms with E-state index in [1.165, 1.54) is 25.3 Å². The Hall–Kier alpha value is -3.74. The van der Waals surface area contributed by atoms with E-state index in [0.29, 0.717) is 24.3 Å². The molecule has 2 N–H and O–H groups in total. The summed E-state index contributed by atoms with van der Waals surface area (Å²) in [6.45, 7) is 0.658. The molecule has 0 radical (unpaired) electrons. The van der Waals surface area contributed by atoms with Crippen molar-refractivity contribution >= 4 is 27.4 Å². The number of anilines is 2. The number of pyridine rings is 1. The average molecular weight is 501 g/mol. The van der Waals surface area contributed by atoms with Gasteiger partial charge in [0.05, 0.1) is 27.9 Å². The molecule has 1 heterocycles. The number of halogens is 5. The van der Waals surface area contributed by atoms with E-state index < -0.39 is 56.2 Å². The normalized spacial score (nSPS) is 11.7. The molecule has 0 aliphatic heterocycles. The van der Waals surface area contributed by atoms with Crippen LogP contribution in [0, 0.1) is 11.6 Å². The highest BCUT2D eigenvalue weighted by atomic mass is 32.2. The standard InChI is InChI=1S/C21H16F5N3O4S/c1-12(30)28-19-9-4-14(10-27-19)33-11-16-17(22)7-8-18(20(16)23)29-34(31,32)15-5-2-13(3-6-15)21(24,25)26/h2-10,29H,11H2,1H3,(H,27,28,30). The van der Waals surface area contributed by atoms with Crippen LogP contribution in [0.3, 0.4) is 0 Å². The number of alkyl halides is 3. The largest absolute Gasteiger partial charge is 0.487 e. The third-order valence-electron chi connectivity index (χ3n) is 4.35. The van der Waals surface area contributed by atoms with Crippen molar-refractivity contribution in [2.24, 2.45) is 0 Å². The molecular weight excluding hydrogens is 485 g/mol. The number of hydrogen-bond acceptors (Lipinski definition) is 5. The van der Waals surface area contributed by atoms with Gasteiger partial charge < -0.3 is 10.1 Å². The van der Waals surface area contributed by atoms with Gasteiger partial charge in [-0.2, -0.15) is 13.2 Å². The molecule has 0 fully saturated rings. The molecule has 0 aliphatic rings. The van der Waals surface area contributed by atoms with E-state index in [0.717, 1.165) is 12.1 Å². The van der Waals surface area contributed by atoms with Gasteiger partial charge in [-0.05, 0) is 48.5 Å². The number of benzene rings is 2. The number of hydrogen-bond donors (Lipinski definition) is 2. The van der Waals surface area contributed by atoms with Gasteiger partial charge in [0.2, 0.25) is 5.91 Å². The molecule has 0 spiro atoms. The van der Waals surface area contributed by atoms with Crippen LogP contribution in [0.1, 0.15) is 18.1 Å². The molecule has 13 heteroatoms. The van der Waals surface area contributed by atoms with Crippen molar-refractivity contribution in [1.82, 2.24) is 4.98 Å². The fourth-order valence-corrected chi connectivity index (χ4v) is 3.77. The number of sulfonamides is 1. The summed E-state index contributed by atoms with van der Waals surface area (Å²) in [6.07, 6.45) is -3.45. The highest BCUT2D eigenvalue weighted by Gasteiger charge is 2.31. The lowest BCUT2D eigenvalue weighted by Crippen LogP contribution is -2.16. The molecule has 0 atom stereocenters. The maximum Gasteiger partial charge on any atom is 0.416 e. The molecule has 0 unspecified atom stereocenters. The summed E-state index contributed by atoms with van der Waals surface area (Å²) >= 11 is 0. The SMILES string of the molecule is CC(=O)Nc1ccc(OCc2c(F)ccc(NS(=O)(=O)c3ccc(C(F)(F)F)cc3)c2F)cn1. The first-order valence-electron chi connectivity index (χ1n) is 9.40. The number of nitrogens with one attached hydrogen (secondary N) is 2. The Bertz CT molecular complexity index is 1300. The van der Waals surface area contributed by atoms with Crippen molar-refractivity contribution in [3.05, 3.63) is 77.5 Å². The maximum absolute atomic E-state index is 14.9. The molecule has 1 aromatic heterocycles. The lowest BCUT2D eigenvalue weighted by atomic mass is 10.2. The van der Waals surface area contributed by atoms with Crippen LogP contribution in [0.25, 0.3) is 0 Å². The van der Waals surface area contributed by atoms with Crippen LogP contribution in [-0.4, -0.2) is 19.3 Å². The molecule has 3 rings (SSSR count). The molecule has 0 bridgehead atoms. The monoisotopic (exact) mass is 501 g/mol. The van der Waals surface area contributed by atoms with Gasteiger partial charge in [0, 0.05) is 6.92 Å². The second kappa shape index (κ2) is 9.63. The van der Waals surface area contributed by atoms with Crippen LogP contribution < -0.4 is 14.8 Å². The molecule has 2 aromatic carbocycles. The molecule has 1 amide bonds. The van der Waals surface area contributed by atoms with Gasteiger partial charge in [-0.3, -0.25) is 9.52 Å². The number of carbonyl (C=O) groups excluding carboxylic acids is 1. The van der Waals surface area contributed by atoms with E-state index in [-0.39, 0.29) is 17.5 Å². The molecule has 7 nitrogen and oxygen atoms in total. The Kier molecular flexibility index (Phi) is 7.05. The summed E-state index contributed by atoms with van der Waals surface area (Å²) in [7, 11) is -4.47. The van der Waals surface area contributed by atoms with Gasteiger partial charge in [0.1, 0.15) is 24.0 Å². The first-order valence-corrected chi connectivity index (χ1v) is 10.9. The van der Waals surface area contributed by atoms with Gasteiger partial charge in [0.25, 0.3) is 10.0 Å². The van der Waals surface area contributed by atoms with E-state index in [9.17, 15) is 35.2 Å². The van der Waals surface area contributed by atoms with Gasteiger partial charge in [-0.15, -0.1) is 0 Å². The van der Waals surface area contributed by atoms with Crippen LogP contribution >= 0.6 is 0 Å². The molecular formula is C21H16F5N3O4S. The lowest BCUT2D eigenvalue weighted by Gasteiger charge is -2.14. The minimum absolute atomic E-state index is 0.114. The van der Waals surface area contributed by atoms with Crippen molar-refractivity contribution in [3.63, 3.8) is 0 Å². The van der Waals surface area contributed by atoms with Crippen molar-refractivity contribution in [1.29, 1.82) is 0 Å². The van der Waals surface area contributed by atoms with Crippen molar-refractivity contribution in [2.75, 3.05) is 10.0 Å². The first-order chi connectivity index (χ1) is 15.9. The topological polar surface area (TPSA) is 97.4 Å². The highest BCUT2D eigenvalue weighted by molar-refractivity contribution is 7.92. The summed E-state index contributed by atoms with van der Waals surface area (Å²) in [5, 5.41) is 2.43. The van der Waals surface area contributed by atoms with E-state index >= 15 is 0 Å². The summed E-state index contributed by atoms with van der Waals surface area (Å²) in [5.41, 5.74) is -2.28. The van der Waals surface area contributed by atoms with E-state index in [1.807, 2.05) is 4.72 Å². The Morgan fingerprint density at radius 2 is 1.71 bits per heavy atom. The van der Waals surface area contributed by atoms with E-state index in [1.54, 1.807) is 0 Å². The fourth-order valence-electron chi connectivity index (χ4n) is 2.71. The van der Waals surface area contributed by atoms with Crippen LogP contribution in [-0.2, 0) is 27.6 Å². The Labute approximate surface area is 190 Å². The molecule has 3 aromatic rings. The molecule has 0 saturated heterocycles. The van der Waals surface area contributed by atoms with Crippen molar-refractivity contribution in [2.45, 2.75) is 24.6 Å². The number of rotatable bonds is 7. The van der Waals surface area contributed by atoms with Crippen LogP contribution in [0.15, 0.2) is 59.6 Å². The molecule has 34 heavy (non-hydrogen) atoms. The molecule has 0 aliphatic carbocycles.